The highest BCUT2D eigenvalue weighted by molar-refractivity contribution is 5.78. The molecule has 0 aliphatic carbocycles. The van der Waals surface area contributed by atoms with Crippen molar-refractivity contribution in [2.45, 2.75) is 39.5 Å². The lowest BCUT2D eigenvalue weighted by molar-refractivity contribution is -0.149. The van der Waals surface area contributed by atoms with E-state index in [1.165, 1.54) is 0 Å². The Morgan fingerprint density at radius 2 is 1.76 bits per heavy atom. The van der Waals surface area contributed by atoms with Crippen LogP contribution in [0.1, 0.15) is 39.5 Å². The summed E-state index contributed by atoms with van der Waals surface area (Å²) in [7, 11) is 2.11. The Morgan fingerprint density at radius 3 is 2.24 bits per heavy atom. The molecule has 1 aliphatic rings. The van der Waals surface area contributed by atoms with Gasteiger partial charge >= 0.3 is 12.0 Å². The Labute approximate surface area is 127 Å². The molecule has 0 unspecified atom stereocenters. The van der Waals surface area contributed by atoms with Gasteiger partial charge in [0.25, 0.3) is 0 Å². The Kier molecular flexibility index (Phi) is 6.95. The molecule has 0 saturated carbocycles. The minimum atomic E-state index is -0.856. The predicted molar refractivity (Wildman–Crippen MR) is 82.3 cm³/mol. The molecule has 3 N–H and O–H groups in total. The van der Waals surface area contributed by atoms with Crippen molar-refractivity contribution >= 4 is 12.0 Å². The molecule has 2 amide bonds. The van der Waals surface area contributed by atoms with Crippen molar-refractivity contribution in [3.8, 4) is 0 Å². The number of carbonyl (C=O) groups is 2. The first-order valence-corrected chi connectivity index (χ1v) is 7.87. The number of amides is 2. The van der Waals surface area contributed by atoms with Gasteiger partial charge in [0.2, 0.25) is 0 Å². The maximum atomic E-state index is 11.8. The van der Waals surface area contributed by atoms with E-state index < -0.39 is 11.4 Å². The average Bonchev–Trinajstić information content (AvgIpc) is 2.48. The van der Waals surface area contributed by atoms with E-state index in [1.807, 2.05) is 13.8 Å². The summed E-state index contributed by atoms with van der Waals surface area (Å²) < 4.78 is 0. The van der Waals surface area contributed by atoms with Gasteiger partial charge in [0.1, 0.15) is 0 Å². The van der Waals surface area contributed by atoms with Crippen LogP contribution in [0.5, 0.6) is 0 Å². The highest BCUT2D eigenvalue weighted by atomic mass is 16.4. The van der Waals surface area contributed by atoms with E-state index in [0.717, 1.165) is 25.9 Å². The number of urea groups is 1. The molecular formula is C15H29N3O3. The lowest BCUT2D eigenvalue weighted by Gasteiger charge is -2.29. The van der Waals surface area contributed by atoms with Gasteiger partial charge in [-0.3, -0.25) is 4.79 Å². The van der Waals surface area contributed by atoms with Crippen LogP contribution >= 0.6 is 0 Å². The molecule has 0 aromatic rings. The average molecular weight is 299 g/mol. The number of nitrogens with zero attached hydrogens (tertiary/aromatic N) is 1. The first-order chi connectivity index (χ1) is 9.93. The van der Waals surface area contributed by atoms with Crippen molar-refractivity contribution in [1.82, 2.24) is 15.5 Å². The van der Waals surface area contributed by atoms with Crippen LogP contribution in [0.4, 0.5) is 4.79 Å². The van der Waals surface area contributed by atoms with Crippen molar-refractivity contribution in [1.29, 1.82) is 0 Å². The third kappa shape index (κ3) is 5.19. The van der Waals surface area contributed by atoms with Gasteiger partial charge in [0.15, 0.2) is 0 Å². The van der Waals surface area contributed by atoms with Gasteiger partial charge in [0, 0.05) is 13.1 Å². The first kappa shape index (κ1) is 17.8. The van der Waals surface area contributed by atoms with Crippen molar-refractivity contribution < 1.29 is 14.7 Å². The molecule has 1 saturated heterocycles. The molecule has 0 radical (unpaired) electrons. The van der Waals surface area contributed by atoms with Gasteiger partial charge in [0.05, 0.1) is 5.41 Å². The van der Waals surface area contributed by atoms with Crippen molar-refractivity contribution in [2.75, 3.05) is 33.2 Å². The van der Waals surface area contributed by atoms with Crippen LogP contribution in [0, 0.1) is 11.3 Å². The lowest BCUT2D eigenvalue weighted by Crippen LogP contribution is -2.47. The fraction of sp³-hybridized carbons (Fsp3) is 0.867. The summed E-state index contributed by atoms with van der Waals surface area (Å²) >= 11 is 0. The fourth-order valence-corrected chi connectivity index (χ4v) is 2.69. The number of carboxylic acid groups (broad SMARTS) is 1. The normalized spacial score (nSPS) is 17.5. The SMILES string of the molecule is CCC(CC)(CNC(=O)NCC1CCN(C)CC1)C(=O)O. The largest absolute Gasteiger partial charge is 0.481 e. The van der Waals surface area contributed by atoms with E-state index in [9.17, 15) is 14.7 Å². The van der Waals surface area contributed by atoms with Gasteiger partial charge in [-0.15, -0.1) is 0 Å². The number of hydrogen-bond acceptors (Lipinski definition) is 3. The molecule has 6 nitrogen and oxygen atoms in total. The van der Waals surface area contributed by atoms with Crippen molar-refractivity contribution in [3.05, 3.63) is 0 Å². The number of nitrogens with one attached hydrogen (secondary N) is 2. The highest BCUT2D eigenvalue weighted by Crippen LogP contribution is 2.25. The molecule has 0 aromatic carbocycles. The minimum absolute atomic E-state index is 0.175. The number of rotatable bonds is 7. The molecule has 1 aliphatic heterocycles. The number of piperidine rings is 1. The van der Waals surface area contributed by atoms with Gasteiger partial charge < -0.3 is 20.6 Å². The first-order valence-electron chi connectivity index (χ1n) is 7.87. The summed E-state index contributed by atoms with van der Waals surface area (Å²) in [6, 6.07) is -0.263. The molecule has 122 valence electrons. The summed E-state index contributed by atoms with van der Waals surface area (Å²) in [6.07, 6.45) is 3.21. The molecule has 6 heteroatoms. The third-order valence-electron chi connectivity index (χ3n) is 4.78. The van der Waals surface area contributed by atoms with Crippen LogP contribution < -0.4 is 10.6 Å². The van der Waals surface area contributed by atoms with E-state index in [2.05, 4.69) is 22.6 Å². The Bertz CT molecular complexity index is 348. The molecule has 1 rings (SSSR count). The smallest absolute Gasteiger partial charge is 0.314 e. The molecule has 0 aromatic heterocycles. The number of hydrogen-bond donors (Lipinski definition) is 3. The number of carboxylic acids is 1. The van der Waals surface area contributed by atoms with Crippen LogP contribution in [0.2, 0.25) is 0 Å². The minimum Gasteiger partial charge on any atom is -0.481 e. The summed E-state index contributed by atoms with van der Waals surface area (Å²) in [5, 5.41) is 14.9. The summed E-state index contributed by atoms with van der Waals surface area (Å²) in [4.78, 5) is 25.5. The molecule has 1 fully saturated rings. The maximum Gasteiger partial charge on any atom is 0.314 e. The van der Waals surface area contributed by atoms with Crippen molar-refractivity contribution in [3.63, 3.8) is 0 Å². The van der Waals surface area contributed by atoms with Crippen LogP contribution in [0.25, 0.3) is 0 Å². The van der Waals surface area contributed by atoms with Crippen LogP contribution in [-0.2, 0) is 4.79 Å². The number of likely N-dealkylation sites (tertiary alicyclic amines) is 1. The summed E-state index contributed by atoms with van der Waals surface area (Å²) in [5.41, 5.74) is -0.856. The Morgan fingerprint density at radius 1 is 1.19 bits per heavy atom. The van der Waals surface area contributed by atoms with Gasteiger partial charge in [-0.1, -0.05) is 13.8 Å². The van der Waals surface area contributed by atoms with E-state index in [0.29, 0.717) is 25.3 Å². The standard InChI is InChI=1S/C15H29N3O3/c1-4-15(5-2,13(19)20)11-17-14(21)16-10-12-6-8-18(3)9-7-12/h12H,4-11H2,1-3H3,(H,19,20)(H2,16,17,21). The van der Waals surface area contributed by atoms with Gasteiger partial charge in [-0.25, -0.2) is 4.79 Å². The van der Waals surface area contributed by atoms with E-state index in [-0.39, 0.29) is 12.6 Å². The third-order valence-corrected chi connectivity index (χ3v) is 4.78. The lowest BCUT2D eigenvalue weighted by atomic mass is 9.82. The Hall–Kier alpha value is -1.30. The monoisotopic (exact) mass is 299 g/mol. The Balaban J connectivity index is 2.31. The highest BCUT2D eigenvalue weighted by Gasteiger charge is 2.35. The molecule has 0 bridgehead atoms. The fourth-order valence-electron chi connectivity index (χ4n) is 2.69. The zero-order valence-corrected chi connectivity index (χ0v) is 13.4. The van der Waals surface area contributed by atoms with Crippen LogP contribution in [0.3, 0.4) is 0 Å². The van der Waals surface area contributed by atoms with Crippen LogP contribution in [0.15, 0.2) is 0 Å². The molecule has 1 heterocycles. The summed E-state index contributed by atoms with van der Waals surface area (Å²) in [6.45, 7) is 6.67. The second kappa shape index (κ2) is 8.22. The van der Waals surface area contributed by atoms with Crippen molar-refractivity contribution in [2.24, 2.45) is 11.3 Å². The van der Waals surface area contributed by atoms with Gasteiger partial charge in [-0.05, 0) is 51.7 Å². The molecular weight excluding hydrogens is 270 g/mol. The zero-order chi connectivity index (χ0) is 15.9. The van der Waals surface area contributed by atoms with E-state index >= 15 is 0 Å². The van der Waals surface area contributed by atoms with Crippen LogP contribution in [-0.4, -0.2) is 55.2 Å². The topological polar surface area (TPSA) is 81.7 Å². The second-order valence-corrected chi connectivity index (χ2v) is 6.10. The number of aliphatic carboxylic acids is 1. The second-order valence-electron chi connectivity index (χ2n) is 6.10. The number of carbonyl (C=O) groups excluding carboxylic acids is 1. The summed E-state index contributed by atoms with van der Waals surface area (Å²) in [5.74, 6) is -0.323. The predicted octanol–water partition coefficient (Wildman–Crippen LogP) is 1.52. The zero-order valence-electron chi connectivity index (χ0n) is 13.4. The van der Waals surface area contributed by atoms with E-state index in [4.69, 9.17) is 0 Å². The molecule has 0 spiro atoms. The molecule has 21 heavy (non-hydrogen) atoms. The van der Waals surface area contributed by atoms with Gasteiger partial charge in [-0.2, -0.15) is 0 Å². The molecule has 0 atom stereocenters. The quantitative estimate of drug-likeness (QED) is 0.666. The maximum absolute atomic E-state index is 11.8. The van der Waals surface area contributed by atoms with E-state index in [1.54, 1.807) is 0 Å².